The molecule has 0 amide bonds. The van der Waals surface area contributed by atoms with Gasteiger partial charge in [0.25, 0.3) is 0 Å². The molecular weight excluding hydrogens is 296 g/mol. The summed E-state index contributed by atoms with van der Waals surface area (Å²) in [6.07, 6.45) is 1.89. The Kier molecular flexibility index (Phi) is 5.05. The second-order valence-electron chi connectivity index (χ2n) is 5.48. The number of pyridine rings is 1. The molecule has 1 aliphatic heterocycles. The zero-order valence-corrected chi connectivity index (χ0v) is 13.1. The molecule has 23 heavy (non-hydrogen) atoms. The van der Waals surface area contributed by atoms with Crippen LogP contribution in [0.15, 0.2) is 41.0 Å². The average molecular weight is 316 g/mol. The smallest absolute Gasteiger partial charge is 0.213 e. The lowest BCUT2D eigenvalue weighted by Gasteiger charge is -2.34. The minimum atomic E-state index is -0.00546. The number of ketones is 1. The fourth-order valence-electron chi connectivity index (χ4n) is 2.70. The molecule has 0 spiro atoms. The number of furan rings is 1. The Bertz CT molecular complexity index is 642. The molecule has 6 nitrogen and oxygen atoms in total. The lowest BCUT2D eigenvalue weighted by Crippen LogP contribution is -2.46. The van der Waals surface area contributed by atoms with E-state index < -0.39 is 0 Å². The van der Waals surface area contributed by atoms with Gasteiger partial charge in [-0.1, -0.05) is 6.07 Å². The van der Waals surface area contributed by atoms with Crippen LogP contribution in [-0.4, -0.2) is 48.6 Å². The number of carbonyl (C=O) groups excluding carboxylic acids is 1. The number of Topliss-reactive ketones (excluding diaryl/α,β-unsaturated/α-hetero) is 1. The van der Waals surface area contributed by atoms with Crippen LogP contribution in [0.5, 0.6) is 5.88 Å². The molecule has 3 heterocycles. The van der Waals surface area contributed by atoms with Crippen LogP contribution in [0.25, 0.3) is 0 Å². The number of carbonyl (C=O) groups is 1. The van der Waals surface area contributed by atoms with E-state index in [0.717, 1.165) is 12.2 Å². The Morgan fingerprint density at radius 2 is 2.30 bits per heavy atom. The maximum absolute atomic E-state index is 12.3. The fourth-order valence-corrected chi connectivity index (χ4v) is 2.70. The van der Waals surface area contributed by atoms with Crippen LogP contribution in [-0.2, 0) is 11.3 Å². The van der Waals surface area contributed by atoms with Crippen LogP contribution in [0.2, 0.25) is 0 Å². The van der Waals surface area contributed by atoms with Crippen molar-refractivity contribution in [3.63, 3.8) is 0 Å². The summed E-state index contributed by atoms with van der Waals surface area (Å²) < 4.78 is 15.9. The summed E-state index contributed by atoms with van der Waals surface area (Å²) in [5.41, 5.74) is 0.918. The van der Waals surface area contributed by atoms with Crippen molar-refractivity contribution >= 4 is 5.78 Å². The number of rotatable bonds is 6. The first-order chi connectivity index (χ1) is 11.3. The van der Waals surface area contributed by atoms with Crippen molar-refractivity contribution in [2.45, 2.75) is 19.0 Å². The molecule has 0 aliphatic carbocycles. The van der Waals surface area contributed by atoms with E-state index >= 15 is 0 Å². The summed E-state index contributed by atoms with van der Waals surface area (Å²) in [5, 5.41) is 0. The summed E-state index contributed by atoms with van der Waals surface area (Å²) in [5.74, 6) is 0.989. The van der Waals surface area contributed by atoms with E-state index in [1.54, 1.807) is 19.2 Å². The van der Waals surface area contributed by atoms with Gasteiger partial charge in [-0.05, 0) is 18.2 Å². The quantitative estimate of drug-likeness (QED) is 0.761. The van der Waals surface area contributed by atoms with Gasteiger partial charge in [-0.15, -0.1) is 0 Å². The summed E-state index contributed by atoms with van der Waals surface area (Å²) >= 11 is 0. The van der Waals surface area contributed by atoms with Gasteiger partial charge in [-0.3, -0.25) is 9.69 Å². The Hall–Kier alpha value is -2.18. The van der Waals surface area contributed by atoms with Crippen LogP contribution >= 0.6 is 0 Å². The van der Waals surface area contributed by atoms with E-state index in [0.29, 0.717) is 37.8 Å². The SMILES string of the molecule is COc1cccc(CN2CCOC[C@@H]2CC(=O)c2ccco2)n1. The number of methoxy groups -OCH3 is 1. The first kappa shape index (κ1) is 15.7. The van der Waals surface area contributed by atoms with Gasteiger partial charge in [-0.2, -0.15) is 0 Å². The zero-order chi connectivity index (χ0) is 16.1. The van der Waals surface area contributed by atoms with Gasteiger partial charge in [-0.25, -0.2) is 4.98 Å². The number of hydrogen-bond acceptors (Lipinski definition) is 6. The van der Waals surface area contributed by atoms with E-state index in [4.69, 9.17) is 13.9 Å². The first-order valence-corrected chi connectivity index (χ1v) is 7.64. The molecule has 0 radical (unpaired) electrons. The van der Waals surface area contributed by atoms with Crippen LogP contribution in [0.3, 0.4) is 0 Å². The molecule has 1 atom stereocenters. The lowest BCUT2D eigenvalue weighted by molar-refractivity contribution is -0.0134. The van der Waals surface area contributed by atoms with Gasteiger partial charge in [0.2, 0.25) is 5.88 Å². The van der Waals surface area contributed by atoms with Gasteiger partial charge >= 0.3 is 0 Å². The number of hydrogen-bond donors (Lipinski definition) is 0. The monoisotopic (exact) mass is 316 g/mol. The molecule has 2 aromatic rings. The highest BCUT2D eigenvalue weighted by Crippen LogP contribution is 2.18. The van der Waals surface area contributed by atoms with Crippen molar-refractivity contribution < 1.29 is 18.7 Å². The Morgan fingerprint density at radius 1 is 1.39 bits per heavy atom. The largest absolute Gasteiger partial charge is 0.481 e. The highest BCUT2D eigenvalue weighted by molar-refractivity contribution is 5.93. The standard InChI is InChI=1S/C17H20N2O4/c1-21-17-6-2-4-13(18-17)11-19-7-9-22-12-14(19)10-15(20)16-5-3-8-23-16/h2-6,8,14H,7,9-12H2,1H3/t14-/m0/s1. The fraction of sp³-hybridized carbons (Fsp3) is 0.412. The molecule has 3 rings (SSSR count). The third kappa shape index (κ3) is 3.97. The highest BCUT2D eigenvalue weighted by Gasteiger charge is 2.27. The average Bonchev–Trinajstić information content (AvgIpc) is 3.11. The van der Waals surface area contributed by atoms with Gasteiger partial charge in [0.15, 0.2) is 11.5 Å². The van der Waals surface area contributed by atoms with Crippen LogP contribution in [0.4, 0.5) is 0 Å². The van der Waals surface area contributed by atoms with Crippen molar-refractivity contribution in [3.8, 4) is 5.88 Å². The van der Waals surface area contributed by atoms with E-state index in [-0.39, 0.29) is 11.8 Å². The molecule has 2 aromatic heterocycles. The maximum Gasteiger partial charge on any atom is 0.213 e. The Morgan fingerprint density at radius 3 is 3.09 bits per heavy atom. The number of morpholine rings is 1. The van der Waals surface area contributed by atoms with E-state index in [2.05, 4.69) is 9.88 Å². The van der Waals surface area contributed by atoms with Crippen molar-refractivity contribution in [3.05, 3.63) is 48.0 Å². The molecule has 1 aliphatic rings. The van der Waals surface area contributed by atoms with Crippen molar-refractivity contribution in [2.75, 3.05) is 26.9 Å². The zero-order valence-electron chi connectivity index (χ0n) is 13.1. The number of nitrogens with zero attached hydrogens (tertiary/aromatic N) is 2. The topological polar surface area (TPSA) is 64.8 Å². The molecule has 0 aromatic carbocycles. The second kappa shape index (κ2) is 7.39. The normalized spacial score (nSPS) is 18.7. The molecule has 6 heteroatoms. The summed E-state index contributed by atoms with van der Waals surface area (Å²) in [6.45, 7) is 2.64. The molecule has 0 bridgehead atoms. The summed E-state index contributed by atoms with van der Waals surface area (Å²) in [6, 6.07) is 9.14. The van der Waals surface area contributed by atoms with Crippen molar-refractivity contribution in [2.24, 2.45) is 0 Å². The maximum atomic E-state index is 12.3. The third-order valence-electron chi connectivity index (χ3n) is 3.92. The van der Waals surface area contributed by atoms with Crippen LogP contribution in [0.1, 0.15) is 22.7 Å². The first-order valence-electron chi connectivity index (χ1n) is 7.64. The number of aromatic nitrogens is 1. The molecule has 0 N–H and O–H groups in total. The van der Waals surface area contributed by atoms with Gasteiger partial charge in [0.1, 0.15) is 0 Å². The molecule has 1 fully saturated rings. The van der Waals surface area contributed by atoms with E-state index in [1.807, 2.05) is 18.2 Å². The van der Waals surface area contributed by atoms with E-state index in [9.17, 15) is 4.79 Å². The van der Waals surface area contributed by atoms with Crippen molar-refractivity contribution in [1.82, 2.24) is 9.88 Å². The Labute approximate surface area is 135 Å². The van der Waals surface area contributed by atoms with Gasteiger partial charge in [0.05, 0.1) is 32.3 Å². The minimum Gasteiger partial charge on any atom is -0.481 e. The molecule has 0 unspecified atom stereocenters. The predicted molar refractivity (Wildman–Crippen MR) is 83.5 cm³/mol. The predicted octanol–water partition coefficient (Wildman–Crippen LogP) is 2.16. The molecule has 122 valence electrons. The minimum absolute atomic E-state index is 0.00546. The molecule has 1 saturated heterocycles. The molecule has 0 saturated carbocycles. The lowest BCUT2D eigenvalue weighted by atomic mass is 10.1. The van der Waals surface area contributed by atoms with Crippen LogP contribution < -0.4 is 4.74 Å². The van der Waals surface area contributed by atoms with E-state index in [1.165, 1.54) is 6.26 Å². The third-order valence-corrected chi connectivity index (χ3v) is 3.92. The second-order valence-corrected chi connectivity index (χ2v) is 5.48. The van der Waals surface area contributed by atoms with Gasteiger partial charge < -0.3 is 13.9 Å². The van der Waals surface area contributed by atoms with Gasteiger partial charge in [0, 0.05) is 31.6 Å². The summed E-state index contributed by atoms with van der Waals surface area (Å²) in [7, 11) is 1.60. The highest BCUT2D eigenvalue weighted by atomic mass is 16.5. The van der Waals surface area contributed by atoms with Crippen molar-refractivity contribution in [1.29, 1.82) is 0 Å². The van der Waals surface area contributed by atoms with Crippen LogP contribution in [0, 0.1) is 0 Å². The summed E-state index contributed by atoms with van der Waals surface area (Å²) in [4.78, 5) is 18.9. The molecular formula is C17H20N2O4. The number of ether oxygens (including phenoxy) is 2. The Balaban J connectivity index is 1.67.